The highest BCUT2D eigenvalue weighted by atomic mass is 16.4. The highest BCUT2D eigenvalue weighted by Gasteiger charge is 2.06. The molecule has 0 spiro atoms. The smallest absolute Gasteiger partial charge is 0.303 e. The Morgan fingerprint density at radius 1 is 1.33 bits per heavy atom. The van der Waals surface area contributed by atoms with Crippen molar-refractivity contribution in [2.45, 2.75) is 26.7 Å². The minimum absolute atomic E-state index is 0.127. The van der Waals surface area contributed by atoms with Crippen molar-refractivity contribution < 1.29 is 14.7 Å². The Kier molecular flexibility index (Phi) is 3.61. The normalized spacial score (nSPS) is 10.0. The molecule has 0 aromatic heterocycles. The number of hydrogen-bond acceptors (Lipinski definition) is 2. The molecule has 80 valence electrons. The number of carbonyl (C=O) groups is 2. The van der Waals surface area contributed by atoms with Gasteiger partial charge in [-0.05, 0) is 49.1 Å². The van der Waals surface area contributed by atoms with Crippen molar-refractivity contribution in [2.24, 2.45) is 0 Å². The van der Waals surface area contributed by atoms with Crippen molar-refractivity contribution in [1.29, 1.82) is 0 Å². The molecule has 0 saturated carbocycles. The van der Waals surface area contributed by atoms with E-state index in [0.29, 0.717) is 12.0 Å². The van der Waals surface area contributed by atoms with E-state index < -0.39 is 5.97 Å². The molecule has 0 heterocycles. The van der Waals surface area contributed by atoms with E-state index in [9.17, 15) is 9.59 Å². The number of aldehydes is 1. The molecule has 0 aliphatic rings. The Labute approximate surface area is 88.7 Å². The fourth-order valence-corrected chi connectivity index (χ4v) is 1.72. The van der Waals surface area contributed by atoms with E-state index in [1.807, 2.05) is 13.8 Å². The van der Waals surface area contributed by atoms with Gasteiger partial charge in [0.1, 0.15) is 6.29 Å². The van der Waals surface area contributed by atoms with Crippen molar-refractivity contribution in [3.8, 4) is 0 Å². The van der Waals surface area contributed by atoms with Crippen molar-refractivity contribution in [3.63, 3.8) is 0 Å². The lowest BCUT2D eigenvalue weighted by Gasteiger charge is -2.09. The first-order valence-corrected chi connectivity index (χ1v) is 4.81. The molecule has 0 aliphatic carbocycles. The van der Waals surface area contributed by atoms with Crippen LogP contribution in [-0.2, 0) is 11.2 Å². The molecule has 0 radical (unpaired) electrons. The summed E-state index contributed by atoms with van der Waals surface area (Å²) in [5, 5.41) is 8.60. The minimum atomic E-state index is -0.798. The van der Waals surface area contributed by atoms with Crippen LogP contribution in [0.1, 0.15) is 33.5 Å². The van der Waals surface area contributed by atoms with Crippen LogP contribution < -0.4 is 0 Å². The summed E-state index contributed by atoms with van der Waals surface area (Å²) >= 11 is 0. The van der Waals surface area contributed by atoms with Gasteiger partial charge in [0.05, 0.1) is 0 Å². The minimum Gasteiger partial charge on any atom is -0.481 e. The predicted octanol–water partition coefficient (Wildman–Crippen LogP) is 2.13. The summed E-state index contributed by atoms with van der Waals surface area (Å²) in [6.07, 6.45) is 1.45. The monoisotopic (exact) mass is 206 g/mol. The van der Waals surface area contributed by atoms with Crippen molar-refractivity contribution in [2.75, 3.05) is 0 Å². The lowest BCUT2D eigenvalue weighted by Crippen LogP contribution is -2.02. The fraction of sp³-hybridized carbons (Fsp3) is 0.333. The lowest BCUT2D eigenvalue weighted by molar-refractivity contribution is -0.136. The topological polar surface area (TPSA) is 54.4 Å². The maximum Gasteiger partial charge on any atom is 0.303 e. The van der Waals surface area contributed by atoms with Gasteiger partial charge in [-0.2, -0.15) is 0 Å². The van der Waals surface area contributed by atoms with Gasteiger partial charge in [-0.15, -0.1) is 0 Å². The van der Waals surface area contributed by atoms with Crippen LogP contribution in [-0.4, -0.2) is 17.4 Å². The van der Waals surface area contributed by atoms with Crippen LogP contribution in [0.5, 0.6) is 0 Å². The number of carboxylic acid groups (broad SMARTS) is 1. The summed E-state index contributed by atoms with van der Waals surface area (Å²) in [4.78, 5) is 21.1. The third-order valence-electron chi connectivity index (χ3n) is 2.44. The molecule has 0 fully saturated rings. The molecule has 1 rings (SSSR count). The third kappa shape index (κ3) is 2.91. The number of hydrogen-bond donors (Lipinski definition) is 1. The van der Waals surface area contributed by atoms with Crippen LogP contribution >= 0.6 is 0 Å². The molecule has 1 aromatic rings. The van der Waals surface area contributed by atoms with Gasteiger partial charge >= 0.3 is 5.97 Å². The first-order chi connectivity index (χ1) is 7.04. The van der Waals surface area contributed by atoms with E-state index in [1.54, 1.807) is 12.1 Å². The Hall–Kier alpha value is -1.64. The van der Waals surface area contributed by atoms with Gasteiger partial charge in [-0.3, -0.25) is 9.59 Å². The summed E-state index contributed by atoms with van der Waals surface area (Å²) < 4.78 is 0. The van der Waals surface area contributed by atoms with Gasteiger partial charge in [-0.1, -0.05) is 0 Å². The van der Waals surface area contributed by atoms with Crippen LogP contribution in [0.2, 0.25) is 0 Å². The molecule has 0 saturated heterocycles. The van der Waals surface area contributed by atoms with Gasteiger partial charge < -0.3 is 5.11 Å². The molecule has 0 atom stereocenters. The zero-order valence-electron chi connectivity index (χ0n) is 8.91. The van der Waals surface area contributed by atoms with E-state index in [1.165, 1.54) is 0 Å². The Bertz CT molecular complexity index is 371. The average molecular weight is 206 g/mol. The number of carboxylic acids is 1. The Balaban J connectivity index is 2.97. The zero-order valence-corrected chi connectivity index (χ0v) is 8.91. The molecule has 0 amide bonds. The van der Waals surface area contributed by atoms with E-state index in [2.05, 4.69) is 0 Å². The summed E-state index contributed by atoms with van der Waals surface area (Å²) in [6, 6.07) is 3.58. The highest BCUT2D eigenvalue weighted by molar-refractivity contribution is 5.76. The van der Waals surface area contributed by atoms with Gasteiger partial charge in [-0.25, -0.2) is 0 Å². The van der Waals surface area contributed by atoms with Gasteiger partial charge in [0.15, 0.2) is 0 Å². The van der Waals surface area contributed by atoms with Crippen LogP contribution in [0.4, 0.5) is 0 Å². The van der Waals surface area contributed by atoms with Crippen LogP contribution in [0.3, 0.4) is 0 Å². The van der Waals surface area contributed by atoms with Gasteiger partial charge in [0.25, 0.3) is 0 Å². The SMILES string of the molecule is Cc1cc(C=O)cc(C)c1CCC(=O)O. The first kappa shape index (κ1) is 11.4. The second-order valence-corrected chi connectivity index (χ2v) is 3.64. The summed E-state index contributed by atoms with van der Waals surface area (Å²) in [6.45, 7) is 3.80. The predicted molar refractivity (Wildman–Crippen MR) is 57.3 cm³/mol. The molecule has 0 bridgehead atoms. The number of benzene rings is 1. The van der Waals surface area contributed by atoms with E-state index in [-0.39, 0.29) is 6.42 Å². The first-order valence-electron chi connectivity index (χ1n) is 4.81. The van der Waals surface area contributed by atoms with Crippen LogP contribution in [0, 0.1) is 13.8 Å². The number of aliphatic carboxylic acids is 1. The molecule has 1 N–H and O–H groups in total. The quantitative estimate of drug-likeness (QED) is 0.768. The maximum atomic E-state index is 10.6. The highest BCUT2D eigenvalue weighted by Crippen LogP contribution is 2.17. The molecule has 15 heavy (non-hydrogen) atoms. The van der Waals surface area contributed by atoms with Crippen LogP contribution in [0.15, 0.2) is 12.1 Å². The lowest BCUT2D eigenvalue weighted by atomic mass is 9.96. The molecule has 1 aromatic carbocycles. The Morgan fingerprint density at radius 3 is 2.27 bits per heavy atom. The molecule has 0 aliphatic heterocycles. The largest absolute Gasteiger partial charge is 0.481 e. The fourth-order valence-electron chi connectivity index (χ4n) is 1.72. The molecular weight excluding hydrogens is 192 g/mol. The summed E-state index contributed by atoms with van der Waals surface area (Å²) in [5.41, 5.74) is 3.64. The van der Waals surface area contributed by atoms with E-state index in [4.69, 9.17) is 5.11 Å². The standard InChI is InChI=1S/C12H14O3/c1-8-5-10(7-13)6-9(2)11(8)3-4-12(14)15/h5-7H,3-4H2,1-2H3,(H,14,15). The van der Waals surface area contributed by atoms with E-state index in [0.717, 1.165) is 23.0 Å². The number of rotatable bonds is 4. The number of carbonyl (C=O) groups excluding carboxylic acids is 1. The van der Waals surface area contributed by atoms with Crippen LogP contribution in [0.25, 0.3) is 0 Å². The molecule has 3 nitrogen and oxygen atoms in total. The van der Waals surface area contributed by atoms with Crippen molar-refractivity contribution in [3.05, 3.63) is 34.4 Å². The number of aryl methyl sites for hydroxylation is 2. The summed E-state index contributed by atoms with van der Waals surface area (Å²) in [7, 11) is 0. The second kappa shape index (κ2) is 4.73. The molecule has 3 heteroatoms. The van der Waals surface area contributed by atoms with Crippen molar-refractivity contribution >= 4 is 12.3 Å². The van der Waals surface area contributed by atoms with Gasteiger partial charge in [0, 0.05) is 12.0 Å². The maximum absolute atomic E-state index is 10.6. The van der Waals surface area contributed by atoms with E-state index >= 15 is 0 Å². The third-order valence-corrected chi connectivity index (χ3v) is 2.44. The molecule has 0 unspecified atom stereocenters. The second-order valence-electron chi connectivity index (χ2n) is 3.64. The summed E-state index contributed by atoms with van der Waals surface area (Å²) in [5.74, 6) is -0.798. The Morgan fingerprint density at radius 2 is 1.87 bits per heavy atom. The van der Waals surface area contributed by atoms with Gasteiger partial charge in [0.2, 0.25) is 0 Å². The average Bonchev–Trinajstić information content (AvgIpc) is 2.15. The molecular formula is C12H14O3. The van der Waals surface area contributed by atoms with Crippen molar-refractivity contribution in [1.82, 2.24) is 0 Å². The zero-order chi connectivity index (χ0) is 11.4.